The van der Waals surface area contributed by atoms with Crippen LogP contribution in [-0.2, 0) is 14.8 Å². The molecule has 0 unspecified atom stereocenters. The van der Waals surface area contributed by atoms with Gasteiger partial charge in [-0.15, -0.1) is 0 Å². The van der Waals surface area contributed by atoms with Gasteiger partial charge in [0.05, 0.1) is 11.4 Å². The number of sulfonamides is 1. The minimum Gasteiger partial charge on any atom is -0.492 e. The van der Waals surface area contributed by atoms with Gasteiger partial charge in [0.1, 0.15) is 18.1 Å². The van der Waals surface area contributed by atoms with Gasteiger partial charge in [0.15, 0.2) is 6.61 Å². The summed E-state index contributed by atoms with van der Waals surface area (Å²) < 4.78 is 38.0. The number of nitrogens with zero attached hydrogens (tertiary/aromatic N) is 1. The quantitative estimate of drug-likeness (QED) is 0.548. The van der Waals surface area contributed by atoms with Gasteiger partial charge in [-0.2, -0.15) is 4.31 Å². The van der Waals surface area contributed by atoms with Crippen LogP contribution >= 0.6 is 0 Å². The first-order chi connectivity index (χ1) is 15.4. The molecule has 0 radical (unpaired) electrons. The first kappa shape index (κ1) is 24.1. The highest BCUT2D eigenvalue weighted by atomic mass is 32.2. The monoisotopic (exact) mass is 460 g/mol. The Labute approximate surface area is 190 Å². The van der Waals surface area contributed by atoms with Crippen LogP contribution in [0.1, 0.15) is 44.6 Å². The van der Waals surface area contributed by atoms with Gasteiger partial charge < -0.3 is 14.8 Å². The zero-order chi connectivity index (χ0) is 23.0. The molecular weight excluding hydrogens is 428 g/mol. The second-order valence-electron chi connectivity index (χ2n) is 8.15. The van der Waals surface area contributed by atoms with E-state index in [1.807, 2.05) is 24.3 Å². The molecule has 32 heavy (non-hydrogen) atoms. The van der Waals surface area contributed by atoms with E-state index in [1.54, 1.807) is 28.6 Å². The average Bonchev–Trinajstić information content (AvgIpc) is 2.81. The number of amides is 1. The van der Waals surface area contributed by atoms with E-state index in [-0.39, 0.29) is 24.0 Å². The molecule has 0 bridgehead atoms. The molecule has 0 aromatic heterocycles. The third-order valence-corrected chi connectivity index (χ3v) is 7.30. The van der Waals surface area contributed by atoms with Gasteiger partial charge in [-0.1, -0.05) is 32.4 Å². The molecule has 1 aliphatic rings. The van der Waals surface area contributed by atoms with E-state index < -0.39 is 10.0 Å². The summed E-state index contributed by atoms with van der Waals surface area (Å²) in [6.07, 6.45) is 2.88. The predicted molar refractivity (Wildman–Crippen MR) is 124 cm³/mol. The number of hydrogen-bond acceptors (Lipinski definition) is 5. The van der Waals surface area contributed by atoms with Crippen LogP contribution in [0.5, 0.6) is 11.5 Å². The van der Waals surface area contributed by atoms with Gasteiger partial charge in [0.2, 0.25) is 10.0 Å². The van der Waals surface area contributed by atoms with E-state index in [4.69, 9.17) is 9.47 Å². The molecule has 1 amide bonds. The van der Waals surface area contributed by atoms with Crippen molar-refractivity contribution >= 4 is 15.9 Å². The number of piperidine rings is 1. The maximum Gasteiger partial charge on any atom is 0.258 e. The molecule has 0 atom stereocenters. The average molecular weight is 461 g/mol. The molecule has 0 aliphatic carbocycles. The van der Waals surface area contributed by atoms with Crippen LogP contribution in [-0.4, -0.2) is 51.5 Å². The van der Waals surface area contributed by atoms with Gasteiger partial charge in [0, 0.05) is 13.1 Å². The van der Waals surface area contributed by atoms with Crippen LogP contribution in [0, 0.1) is 0 Å². The molecule has 1 aliphatic heterocycles. The second kappa shape index (κ2) is 11.3. The lowest BCUT2D eigenvalue weighted by Crippen LogP contribution is -2.35. The Morgan fingerprint density at radius 3 is 2.16 bits per heavy atom. The number of hydrogen-bond donors (Lipinski definition) is 1. The molecule has 2 aromatic rings. The van der Waals surface area contributed by atoms with Gasteiger partial charge in [0.25, 0.3) is 5.91 Å². The van der Waals surface area contributed by atoms with E-state index in [2.05, 4.69) is 19.2 Å². The van der Waals surface area contributed by atoms with Crippen molar-refractivity contribution in [3.05, 3.63) is 54.1 Å². The zero-order valence-corrected chi connectivity index (χ0v) is 19.6. The molecule has 0 saturated carbocycles. The summed E-state index contributed by atoms with van der Waals surface area (Å²) >= 11 is 0. The summed E-state index contributed by atoms with van der Waals surface area (Å²) in [5.74, 6) is 1.42. The Hall–Kier alpha value is -2.58. The molecule has 174 valence electrons. The van der Waals surface area contributed by atoms with E-state index in [0.717, 1.165) is 19.3 Å². The van der Waals surface area contributed by atoms with Gasteiger partial charge >= 0.3 is 0 Å². The summed E-state index contributed by atoms with van der Waals surface area (Å²) in [4.78, 5) is 12.2. The molecule has 0 spiro atoms. The molecule has 1 N–H and O–H groups in total. The summed E-state index contributed by atoms with van der Waals surface area (Å²) in [6.45, 7) is 5.93. The zero-order valence-electron chi connectivity index (χ0n) is 18.7. The minimum absolute atomic E-state index is 0.0654. The number of nitrogens with one attached hydrogen (secondary N) is 1. The van der Waals surface area contributed by atoms with Crippen LogP contribution in [0.4, 0.5) is 0 Å². The molecule has 7 nitrogen and oxygen atoms in total. The van der Waals surface area contributed by atoms with Crippen LogP contribution in [0.25, 0.3) is 0 Å². The fourth-order valence-corrected chi connectivity index (χ4v) is 4.99. The van der Waals surface area contributed by atoms with Crippen LogP contribution < -0.4 is 14.8 Å². The highest BCUT2D eigenvalue weighted by Crippen LogP contribution is 2.22. The molecule has 2 aromatic carbocycles. The Balaban J connectivity index is 1.37. The van der Waals surface area contributed by atoms with Crippen LogP contribution in [0.15, 0.2) is 53.4 Å². The standard InChI is InChI=1S/C24H32N2O5S/c1-19(2)20-6-8-22(9-7-20)31-18-24(27)25-14-17-30-21-10-12-23(13-11-21)32(28,29)26-15-4-3-5-16-26/h6-13,19H,3-5,14-18H2,1-2H3,(H,25,27). The number of benzene rings is 2. The Bertz CT molecular complexity index is 966. The molecule has 3 rings (SSSR count). The summed E-state index contributed by atoms with van der Waals surface area (Å²) in [5, 5.41) is 2.74. The van der Waals surface area contributed by atoms with Gasteiger partial charge in [-0.05, 0) is 60.7 Å². The largest absolute Gasteiger partial charge is 0.492 e. The molecule has 1 fully saturated rings. The molecule has 1 heterocycles. The smallest absolute Gasteiger partial charge is 0.258 e. The Kier molecular flexibility index (Phi) is 8.53. The third kappa shape index (κ3) is 6.71. The summed E-state index contributed by atoms with van der Waals surface area (Å²) in [6, 6.07) is 14.1. The van der Waals surface area contributed by atoms with E-state index in [0.29, 0.717) is 37.1 Å². The lowest BCUT2D eigenvalue weighted by molar-refractivity contribution is -0.123. The van der Waals surface area contributed by atoms with Crippen molar-refractivity contribution in [2.75, 3.05) is 32.8 Å². The van der Waals surface area contributed by atoms with Crippen molar-refractivity contribution in [3.63, 3.8) is 0 Å². The van der Waals surface area contributed by atoms with Crippen molar-refractivity contribution < 1.29 is 22.7 Å². The van der Waals surface area contributed by atoms with E-state index in [9.17, 15) is 13.2 Å². The fourth-order valence-electron chi connectivity index (χ4n) is 3.47. The SMILES string of the molecule is CC(C)c1ccc(OCC(=O)NCCOc2ccc(S(=O)(=O)N3CCCCC3)cc2)cc1. The highest BCUT2D eigenvalue weighted by Gasteiger charge is 2.25. The van der Waals surface area contributed by atoms with Crippen molar-refractivity contribution in [2.45, 2.75) is 43.9 Å². The van der Waals surface area contributed by atoms with Gasteiger partial charge in [-0.3, -0.25) is 4.79 Å². The summed E-state index contributed by atoms with van der Waals surface area (Å²) in [5.41, 5.74) is 1.22. The third-order valence-electron chi connectivity index (χ3n) is 5.39. The normalized spacial score (nSPS) is 14.8. The van der Waals surface area contributed by atoms with Crippen molar-refractivity contribution in [3.8, 4) is 11.5 Å². The van der Waals surface area contributed by atoms with Crippen molar-refractivity contribution in [1.82, 2.24) is 9.62 Å². The molecule has 1 saturated heterocycles. The van der Waals surface area contributed by atoms with Crippen molar-refractivity contribution in [1.29, 1.82) is 0 Å². The maximum atomic E-state index is 12.7. The van der Waals surface area contributed by atoms with Gasteiger partial charge in [-0.25, -0.2) is 8.42 Å². The van der Waals surface area contributed by atoms with E-state index in [1.165, 1.54) is 5.56 Å². The highest BCUT2D eigenvalue weighted by molar-refractivity contribution is 7.89. The number of rotatable bonds is 10. The lowest BCUT2D eigenvalue weighted by atomic mass is 10.0. The molecular formula is C24H32N2O5S. The topological polar surface area (TPSA) is 84.9 Å². The Morgan fingerprint density at radius 1 is 0.938 bits per heavy atom. The fraction of sp³-hybridized carbons (Fsp3) is 0.458. The van der Waals surface area contributed by atoms with E-state index >= 15 is 0 Å². The minimum atomic E-state index is -3.44. The second-order valence-corrected chi connectivity index (χ2v) is 10.1. The van der Waals surface area contributed by atoms with Crippen LogP contribution in [0.3, 0.4) is 0 Å². The maximum absolute atomic E-state index is 12.7. The summed E-state index contributed by atoms with van der Waals surface area (Å²) in [7, 11) is -3.44. The number of carbonyl (C=O) groups excluding carboxylic acids is 1. The first-order valence-electron chi connectivity index (χ1n) is 11.1. The lowest BCUT2D eigenvalue weighted by Gasteiger charge is -2.25. The number of carbonyl (C=O) groups is 1. The first-order valence-corrected chi connectivity index (χ1v) is 12.5. The molecule has 8 heteroatoms. The predicted octanol–water partition coefficient (Wildman–Crippen LogP) is 3.56. The van der Waals surface area contributed by atoms with Crippen molar-refractivity contribution in [2.24, 2.45) is 0 Å². The van der Waals surface area contributed by atoms with Crippen LogP contribution in [0.2, 0.25) is 0 Å². The Morgan fingerprint density at radius 2 is 1.53 bits per heavy atom. The number of ether oxygens (including phenoxy) is 2.